The highest BCUT2D eigenvalue weighted by Gasteiger charge is 2.27. The minimum Gasteiger partial charge on any atom is -0.454 e. The number of amidine groups is 1. The van der Waals surface area contributed by atoms with Crippen LogP contribution in [0.15, 0.2) is 32.0 Å². The van der Waals surface area contributed by atoms with Crippen LogP contribution in [0.1, 0.15) is 24.2 Å². The summed E-state index contributed by atoms with van der Waals surface area (Å²) in [6, 6.07) is 3.64. The Kier molecular flexibility index (Phi) is 5.33. The van der Waals surface area contributed by atoms with E-state index < -0.39 is 0 Å². The van der Waals surface area contributed by atoms with Crippen molar-refractivity contribution in [3.8, 4) is 6.07 Å². The fourth-order valence-corrected chi connectivity index (χ4v) is 3.53. The van der Waals surface area contributed by atoms with Gasteiger partial charge in [-0.05, 0) is 46.9 Å². The van der Waals surface area contributed by atoms with Gasteiger partial charge in [-0.2, -0.15) is 10.4 Å². The van der Waals surface area contributed by atoms with Crippen LogP contribution in [0.25, 0.3) is 0 Å². The molecule has 3 heterocycles. The van der Waals surface area contributed by atoms with Crippen molar-refractivity contribution in [1.29, 1.82) is 10.7 Å². The lowest BCUT2D eigenvalue weighted by Crippen LogP contribution is -2.45. The average Bonchev–Trinajstić information content (AvgIpc) is 3.07. The maximum Gasteiger partial charge on any atom is 0.203 e. The molecule has 0 radical (unpaired) electrons. The van der Waals surface area contributed by atoms with Gasteiger partial charge in [0.1, 0.15) is 12.7 Å². The smallest absolute Gasteiger partial charge is 0.203 e. The van der Waals surface area contributed by atoms with E-state index in [1.165, 1.54) is 0 Å². The van der Waals surface area contributed by atoms with Crippen LogP contribution in [-0.2, 0) is 6.42 Å². The molecule has 126 valence electrons. The molecule has 8 heteroatoms. The molecule has 2 aliphatic heterocycles. The summed E-state index contributed by atoms with van der Waals surface area (Å²) in [5, 5.41) is 29.8. The lowest BCUT2D eigenvalue weighted by atomic mass is 9.95. The van der Waals surface area contributed by atoms with Gasteiger partial charge in [0.2, 0.25) is 5.76 Å². The van der Waals surface area contributed by atoms with E-state index in [4.69, 9.17) is 15.1 Å². The van der Waals surface area contributed by atoms with E-state index in [1.54, 1.807) is 23.6 Å². The molecule has 24 heavy (non-hydrogen) atoms. The molecular formula is C16H19BrN6O. The molecule has 7 nitrogen and oxygen atoms in total. The number of hydrazone groups is 1. The summed E-state index contributed by atoms with van der Waals surface area (Å²) in [5.41, 5.74) is 1.97. The molecule has 1 aromatic rings. The molecule has 1 saturated heterocycles. The van der Waals surface area contributed by atoms with Crippen molar-refractivity contribution in [2.24, 2.45) is 11.0 Å². The number of rotatable bonds is 4. The second-order valence-corrected chi connectivity index (χ2v) is 6.58. The molecule has 3 N–H and O–H groups in total. The van der Waals surface area contributed by atoms with Crippen molar-refractivity contribution in [2.75, 3.05) is 19.8 Å². The van der Waals surface area contributed by atoms with E-state index in [0.29, 0.717) is 30.6 Å². The molecule has 0 bridgehead atoms. The first-order chi connectivity index (χ1) is 11.7. The van der Waals surface area contributed by atoms with Crippen LogP contribution in [0.4, 0.5) is 0 Å². The lowest BCUT2D eigenvalue weighted by molar-refractivity contribution is 0.356. The van der Waals surface area contributed by atoms with Crippen LogP contribution in [0.2, 0.25) is 0 Å². The predicted molar refractivity (Wildman–Crippen MR) is 94.7 cm³/mol. The average molecular weight is 391 g/mol. The Labute approximate surface area is 149 Å². The third kappa shape index (κ3) is 3.68. The summed E-state index contributed by atoms with van der Waals surface area (Å²) in [5.74, 6) is 1.06. The molecule has 0 amide bonds. The van der Waals surface area contributed by atoms with Crippen LogP contribution in [0, 0.1) is 22.7 Å². The van der Waals surface area contributed by atoms with Gasteiger partial charge < -0.3 is 15.1 Å². The number of nitriles is 1. The molecule has 3 rings (SSSR count). The van der Waals surface area contributed by atoms with E-state index in [1.807, 2.05) is 6.07 Å². The minimum absolute atomic E-state index is 0.294. The second kappa shape index (κ2) is 7.64. The van der Waals surface area contributed by atoms with Crippen molar-refractivity contribution in [3.05, 3.63) is 33.8 Å². The zero-order valence-corrected chi connectivity index (χ0v) is 14.8. The third-order valence-corrected chi connectivity index (χ3v) is 4.94. The normalized spacial score (nSPS) is 21.9. The van der Waals surface area contributed by atoms with E-state index >= 15 is 0 Å². The SMILES string of the molecule is N#Cc1cc(C/C=N\N2CNC(C3CCCNC3)=C(Br)C2=N)co1. The second-order valence-electron chi connectivity index (χ2n) is 5.79. The molecule has 1 unspecified atom stereocenters. The maximum absolute atomic E-state index is 8.74. The van der Waals surface area contributed by atoms with E-state index in [-0.39, 0.29) is 0 Å². The van der Waals surface area contributed by atoms with Gasteiger partial charge in [0.15, 0.2) is 5.84 Å². The molecule has 1 aromatic heterocycles. The first-order valence-electron chi connectivity index (χ1n) is 7.89. The topological polar surface area (TPSA) is 100 Å². The van der Waals surface area contributed by atoms with Crippen molar-refractivity contribution in [2.45, 2.75) is 19.3 Å². The van der Waals surface area contributed by atoms with Gasteiger partial charge in [0.05, 0.1) is 10.7 Å². The molecule has 0 aromatic carbocycles. The lowest BCUT2D eigenvalue weighted by Gasteiger charge is -2.33. The predicted octanol–water partition coefficient (Wildman–Crippen LogP) is 2.13. The molecular weight excluding hydrogens is 372 g/mol. The summed E-state index contributed by atoms with van der Waals surface area (Å²) >= 11 is 3.54. The van der Waals surface area contributed by atoms with Gasteiger partial charge in [-0.3, -0.25) is 5.41 Å². The maximum atomic E-state index is 8.74. The van der Waals surface area contributed by atoms with Gasteiger partial charge in [0.25, 0.3) is 0 Å². The Balaban J connectivity index is 1.62. The highest BCUT2D eigenvalue weighted by atomic mass is 79.9. The zero-order chi connectivity index (χ0) is 16.9. The van der Waals surface area contributed by atoms with Gasteiger partial charge in [-0.25, -0.2) is 5.01 Å². The number of halogens is 1. The van der Waals surface area contributed by atoms with Crippen LogP contribution >= 0.6 is 15.9 Å². The molecule has 2 aliphatic rings. The fraction of sp³-hybridized carbons (Fsp3) is 0.438. The zero-order valence-electron chi connectivity index (χ0n) is 13.2. The molecule has 0 saturated carbocycles. The van der Waals surface area contributed by atoms with Crippen LogP contribution in [0.5, 0.6) is 0 Å². The summed E-state index contributed by atoms with van der Waals surface area (Å²) < 4.78 is 5.84. The summed E-state index contributed by atoms with van der Waals surface area (Å²) in [6.07, 6.45) is 6.10. The molecule has 1 fully saturated rings. The fourth-order valence-electron chi connectivity index (χ4n) is 2.86. The first-order valence-corrected chi connectivity index (χ1v) is 8.69. The van der Waals surface area contributed by atoms with E-state index in [9.17, 15) is 0 Å². The highest BCUT2D eigenvalue weighted by Crippen LogP contribution is 2.27. The summed E-state index contributed by atoms with van der Waals surface area (Å²) in [7, 11) is 0. The summed E-state index contributed by atoms with van der Waals surface area (Å²) in [6.45, 7) is 2.48. The van der Waals surface area contributed by atoms with Gasteiger partial charge >= 0.3 is 0 Å². The number of furan rings is 1. The van der Waals surface area contributed by atoms with Crippen molar-refractivity contribution in [3.63, 3.8) is 0 Å². The van der Waals surface area contributed by atoms with E-state index in [2.05, 4.69) is 31.7 Å². The Morgan fingerprint density at radius 2 is 2.46 bits per heavy atom. The Morgan fingerprint density at radius 3 is 3.17 bits per heavy atom. The Hall–Kier alpha value is -2.11. The first kappa shape index (κ1) is 16.7. The number of nitrogens with one attached hydrogen (secondary N) is 3. The highest BCUT2D eigenvalue weighted by molar-refractivity contribution is 9.12. The minimum atomic E-state index is 0.294. The Morgan fingerprint density at radius 1 is 1.58 bits per heavy atom. The number of nitrogens with zero attached hydrogens (tertiary/aromatic N) is 3. The standard InChI is InChI=1S/C16H19BrN6O/c17-14-15(12-2-1-4-20-8-12)21-10-23(16(14)19)22-5-3-11-6-13(7-18)24-9-11/h5-6,9,12,19-21H,1-4,8,10H2/b19-16?,22-5-. The number of hydrogen-bond donors (Lipinski definition) is 3. The van der Waals surface area contributed by atoms with Gasteiger partial charge in [-0.15, -0.1) is 0 Å². The number of hydrogen-bond acceptors (Lipinski definition) is 6. The van der Waals surface area contributed by atoms with Crippen molar-refractivity contribution >= 4 is 28.0 Å². The third-order valence-electron chi connectivity index (χ3n) is 4.14. The van der Waals surface area contributed by atoms with Crippen molar-refractivity contribution < 1.29 is 4.42 Å². The molecule has 1 atom stereocenters. The largest absolute Gasteiger partial charge is 0.454 e. The van der Waals surface area contributed by atoms with Gasteiger partial charge in [-0.1, -0.05) is 0 Å². The monoisotopic (exact) mass is 390 g/mol. The number of piperidine rings is 1. The van der Waals surface area contributed by atoms with Crippen LogP contribution in [0.3, 0.4) is 0 Å². The van der Waals surface area contributed by atoms with E-state index in [0.717, 1.165) is 41.7 Å². The molecule has 0 spiro atoms. The Bertz CT molecular complexity index is 710. The summed E-state index contributed by atoms with van der Waals surface area (Å²) in [4.78, 5) is 0. The quantitative estimate of drug-likeness (QED) is 0.683. The van der Waals surface area contributed by atoms with Gasteiger partial charge in [0, 0.05) is 30.8 Å². The van der Waals surface area contributed by atoms with Crippen LogP contribution in [-0.4, -0.2) is 36.8 Å². The van der Waals surface area contributed by atoms with Crippen molar-refractivity contribution in [1.82, 2.24) is 15.6 Å². The molecule has 0 aliphatic carbocycles. The van der Waals surface area contributed by atoms with Crippen LogP contribution < -0.4 is 10.6 Å².